The van der Waals surface area contributed by atoms with E-state index in [1.54, 1.807) is 0 Å². The van der Waals surface area contributed by atoms with Crippen molar-refractivity contribution in [1.82, 2.24) is 0 Å². The van der Waals surface area contributed by atoms with E-state index in [9.17, 15) is 55.2 Å². The van der Waals surface area contributed by atoms with E-state index in [1.165, 1.54) is 5.57 Å². The van der Waals surface area contributed by atoms with Crippen molar-refractivity contribution in [2.24, 2.45) is 50.2 Å². The maximum Gasteiger partial charge on any atom is 0.335 e. The monoisotopic (exact) mass is 808 g/mol. The highest BCUT2D eigenvalue weighted by Gasteiger charge is 2.69. The zero-order valence-electron chi connectivity index (χ0n) is 34.2. The van der Waals surface area contributed by atoms with Crippen LogP contribution in [0.5, 0.6) is 0 Å². The zero-order valence-corrected chi connectivity index (χ0v) is 34.2. The topological polar surface area (TPSA) is 250 Å². The molecule has 322 valence electrons. The average Bonchev–Trinajstić information content (AvgIpc) is 3.12. The first-order chi connectivity index (χ1) is 26.4. The molecule has 0 aromatic carbocycles. The summed E-state index contributed by atoms with van der Waals surface area (Å²) in [6.45, 7) is 15.8. The van der Waals surface area contributed by atoms with Gasteiger partial charge < -0.3 is 59.8 Å². The third-order valence-electron chi connectivity index (χ3n) is 17.5. The van der Waals surface area contributed by atoms with Gasteiger partial charge in [-0.25, -0.2) is 9.59 Å². The quantitative estimate of drug-likeness (QED) is 0.136. The van der Waals surface area contributed by atoms with Crippen LogP contribution < -0.4 is 0 Å². The van der Waals surface area contributed by atoms with Crippen molar-refractivity contribution in [2.75, 3.05) is 0 Å². The number of rotatable bonds is 7. The molecule has 2 saturated heterocycles. The van der Waals surface area contributed by atoms with E-state index in [0.717, 1.165) is 44.9 Å². The molecule has 57 heavy (non-hydrogen) atoms. The van der Waals surface area contributed by atoms with Gasteiger partial charge in [-0.3, -0.25) is 4.79 Å². The molecule has 0 radical (unpaired) electrons. The lowest BCUT2D eigenvalue weighted by Crippen LogP contribution is -2.67. The van der Waals surface area contributed by atoms with Crippen LogP contribution >= 0.6 is 0 Å². The van der Waals surface area contributed by atoms with Crippen molar-refractivity contribution in [2.45, 2.75) is 180 Å². The Morgan fingerprint density at radius 1 is 0.667 bits per heavy atom. The van der Waals surface area contributed by atoms with Crippen LogP contribution in [-0.4, -0.2) is 126 Å². The molecule has 0 aromatic rings. The van der Waals surface area contributed by atoms with Gasteiger partial charge in [-0.2, -0.15) is 0 Å². The van der Waals surface area contributed by atoms with Crippen LogP contribution in [0.1, 0.15) is 113 Å². The fourth-order valence-corrected chi connectivity index (χ4v) is 13.5. The first kappa shape index (κ1) is 42.9. The van der Waals surface area contributed by atoms with Crippen molar-refractivity contribution in [3.63, 3.8) is 0 Å². The molecule has 6 fully saturated rings. The predicted molar refractivity (Wildman–Crippen MR) is 199 cm³/mol. The molecule has 0 amide bonds. The number of fused-ring (bicyclic) bond motifs is 7. The summed E-state index contributed by atoms with van der Waals surface area (Å²) in [5, 5.41) is 83.1. The molecular weight excluding hydrogens is 744 g/mol. The number of carboxylic acids is 3. The first-order valence-electron chi connectivity index (χ1n) is 20.8. The highest BCUT2D eigenvalue weighted by molar-refractivity contribution is 5.75. The van der Waals surface area contributed by atoms with Crippen molar-refractivity contribution < 1.29 is 74.2 Å². The SMILES string of the molecule is CC1(C)C2CC[C@]3(C)C(CC=C4C5C[C@@](C)(C(=O)O)CC[C@]5(C)CC[C@]43C)[C@@]2(C)CC[C@@H]1O[C@@H]1O[C@H](C(=O)O)[C@@H](O)[C@H](O)[C@H]1O[C@@H]1OC(C(=O)O)[C@@H](O)[C@H](O)[C@H]1O. The molecule has 4 unspecified atom stereocenters. The standard InChI is InChI=1S/C42H64O15/c1-37(2)21-10-13-42(7)22(9-8-19-20-18-39(4,36(52)53)15-14-38(20,3)16-17-41(19,42)6)40(21,5)12-11-23(37)54-35-31(27(46)26(45)30(56-35)33(50)51)57-34-28(47)24(43)25(44)29(55-34)32(48)49/h8,20-31,34-35,43-47H,9-18H2,1-7H3,(H,48,49)(H,50,51)(H,52,53)/t20?,21?,22?,23-,24-,25-,26-,27-,28+,29?,30-,31+,34-,35+,38+,39-,40-,41+,42+/m0/s1. The normalized spacial score (nSPS) is 53.2. The van der Waals surface area contributed by atoms with Gasteiger partial charge in [-0.1, -0.05) is 53.2 Å². The minimum atomic E-state index is -2.01. The van der Waals surface area contributed by atoms with Gasteiger partial charge in [0.1, 0.15) is 36.6 Å². The van der Waals surface area contributed by atoms with Crippen molar-refractivity contribution in [1.29, 1.82) is 0 Å². The molecule has 5 aliphatic carbocycles. The molecule has 7 rings (SSSR count). The average molecular weight is 809 g/mol. The zero-order chi connectivity index (χ0) is 42.0. The fourth-order valence-electron chi connectivity index (χ4n) is 13.5. The van der Waals surface area contributed by atoms with Gasteiger partial charge in [0, 0.05) is 0 Å². The maximum absolute atomic E-state index is 12.5. The molecular formula is C42H64O15. The Morgan fingerprint density at radius 3 is 1.88 bits per heavy atom. The molecule has 15 heteroatoms. The van der Waals surface area contributed by atoms with Gasteiger partial charge >= 0.3 is 17.9 Å². The lowest BCUT2D eigenvalue weighted by atomic mass is 9.33. The first-order valence-corrected chi connectivity index (χ1v) is 20.8. The summed E-state index contributed by atoms with van der Waals surface area (Å²) in [4.78, 5) is 36.5. The lowest BCUT2D eigenvalue weighted by molar-refractivity contribution is -0.371. The highest BCUT2D eigenvalue weighted by Crippen LogP contribution is 2.76. The molecule has 0 spiro atoms. The molecule has 7 aliphatic rings. The van der Waals surface area contributed by atoms with E-state index < -0.39 is 96.3 Å². The molecule has 0 aromatic heterocycles. The van der Waals surface area contributed by atoms with Crippen LogP contribution in [0.2, 0.25) is 0 Å². The number of aliphatic carboxylic acids is 3. The van der Waals surface area contributed by atoms with E-state index in [4.69, 9.17) is 18.9 Å². The van der Waals surface area contributed by atoms with Crippen LogP contribution in [0.3, 0.4) is 0 Å². The Morgan fingerprint density at radius 2 is 1.26 bits per heavy atom. The van der Waals surface area contributed by atoms with Crippen LogP contribution in [0.25, 0.3) is 0 Å². The molecule has 2 aliphatic heterocycles. The van der Waals surface area contributed by atoms with E-state index in [0.29, 0.717) is 25.2 Å². The number of hydrogen-bond donors (Lipinski definition) is 8. The minimum Gasteiger partial charge on any atom is -0.481 e. The van der Waals surface area contributed by atoms with Gasteiger partial charge in [0.25, 0.3) is 0 Å². The highest BCUT2D eigenvalue weighted by atomic mass is 16.8. The van der Waals surface area contributed by atoms with Gasteiger partial charge in [0.05, 0.1) is 11.5 Å². The third kappa shape index (κ3) is 6.35. The number of aliphatic hydroxyl groups excluding tert-OH is 5. The van der Waals surface area contributed by atoms with Gasteiger partial charge in [-0.15, -0.1) is 0 Å². The molecule has 8 N–H and O–H groups in total. The number of allylic oxidation sites excluding steroid dienone is 2. The summed E-state index contributed by atoms with van der Waals surface area (Å²) < 4.78 is 23.5. The summed E-state index contributed by atoms with van der Waals surface area (Å²) in [5.41, 5.74) is -0.00709. The number of aliphatic hydroxyl groups is 5. The Labute approximate surface area is 333 Å². The van der Waals surface area contributed by atoms with Crippen LogP contribution in [-0.2, 0) is 33.3 Å². The predicted octanol–water partition coefficient (Wildman–Crippen LogP) is 3.07. The van der Waals surface area contributed by atoms with Crippen molar-refractivity contribution >= 4 is 17.9 Å². The van der Waals surface area contributed by atoms with E-state index in [1.807, 2.05) is 6.92 Å². The third-order valence-corrected chi connectivity index (χ3v) is 17.5. The number of carbonyl (C=O) groups is 3. The van der Waals surface area contributed by atoms with Gasteiger partial charge in [0.15, 0.2) is 24.8 Å². The second kappa shape index (κ2) is 14.2. The number of hydrogen-bond acceptors (Lipinski definition) is 12. The molecule has 19 atom stereocenters. The van der Waals surface area contributed by atoms with E-state index in [2.05, 4.69) is 47.6 Å². The smallest absolute Gasteiger partial charge is 0.335 e. The summed E-state index contributed by atoms with van der Waals surface area (Å²) in [6.07, 6.45) is -8.79. The molecule has 15 nitrogen and oxygen atoms in total. The van der Waals surface area contributed by atoms with Crippen LogP contribution in [0.4, 0.5) is 0 Å². The summed E-state index contributed by atoms with van der Waals surface area (Å²) in [6, 6.07) is 0. The van der Waals surface area contributed by atoms with Crippen LogP contribution in [0, 0.1) is 50.2 Å². The Hall–Kier alpha value is -2.21. The number of ether oxygens (including phenoxy) is 4. The van der Waals surface area contributed by atoms with Crippen molar-refractivity contribution in [3.05, 3.63) is 11.6 Å². The van der Waals surface area contributed by atoms with Crippen LogP contribution in [0.15, 0.2) is 11.6 Å². The number of carboxylic acid groups (broad SMARTS) is 3. The van der Waals surface area contributed by atoms with E-state index in [-0.39, 0.29) is 33.5 Å². The van der Waals surface area contributed by atoms with Crippen molar-refractivity contribution in [3.8, 4) is 0 Å². The summed E-state index contributed by atoms with van der Waals surface area (Å²) >= 11 is 0. The molecule has 0 bridgehead atoms. The minimum absolute atomic E-state index is 0.0440. The fraction of sp³-hybridized carbons (Fsp3) is 0.881. The van der Waals surface area contributed by atoms with Gasteiger partial charge in [-0.05, 0) is 116 Å². The summed E-state index contributed by atoms with van der Waals surface area (Å²) in [7, 11) is 0. The lowest BCUT2D eigenvalue weighted by Gasteiger charge is -2.71. The maximum atomic E-state index is 12.5. The second-order valence-corrected chi connectivity index (χ2v) is 20.6. The Balaban J connectivity index is 1.15. The van der Waals surface area contributed by atoms with Gasteiger partial charge in [0.2, 0.25) is 0 Å². The second-order valence-electron chi connectivity index (χ2n) is 20.6. The van der Waals surface area contributed by atoms with E-state index >= 15 is 0 Å². The summed E-state index contributed by atoms with van der Waals surface area (Å²) in [5.74, 6) is -3.24. The molecule has 4 saturated carbocycles. The largest absolute Gasteiger partial charge is 0.481 e. The Kier molecular flexibility index (Phi) is 10.7. The molecule has 2 heterocycles. The Bertz CT molecular complexity index is 1650.